The second-order valence-corrected chi connectivity index (χ2v) is 6.33. The zero-order chi connectivity index (χ0) is 18.8. The maximum Gasteiger partial charge on any atom is 0.331 e. The molecule has 0 bridgehead atoms. The number of ether oxygens (including phenoxy) is 3. The molecule has 0 saturated heterocycles. The number of methoxy groups -OCH3 is 2. The van der Waals surface area contributed by atoms with Crippen molar-refractivity contribution in [3.8, 4) is 11.5 Å². The van der Waals surface area contributed by atoms with Crippen LogP contribution in [0.1, 0.15) is 37.7 Å². The summed E-state index contributed by atoms with van der Waals surface area (Å²) in [6, 6.07) is 5.36. The molecule has 1 aromatic rings. The van der Waals surface area contributed by atoms with Gasteiger partial charge < -0.3 is 19.5 Å². The molecule has 0 radical (unpaired) electrons. The molecule has 1 amide bonds. The highest BCUT2D eigenvalue weighted by Crippen LogP contribution is 2.31. The van der Waals surface area contributed by atoms with E-state index in [1.807, 2.05) is 0 Å². The van der Waals surface area contributed by atoms with Crippen LogP contribution in [0.4, 0.5) is 0 Å². The molecule has 6 nitrogen and oxygen atoms in total. The van der Waals surface area contributed by atoms with Crippen LogP contribution in [0.15, 0.2) is 24.3 Å². The minimum Gasteiger partial charge on any atom is -0.493 e. The number of benzene rings is 1. The molecule has 0 aliphatic heterocycles. The standard InChI is InChI=1S/C20H27NO5/c1-24-17-10-6-9-16(20(17)25-2)11-12-19(23)26-14-18(22)21-13-15-7-4-3-5-8-15/h6,9-12,15H,3-5,7-8,13-14H2,1-2H3,(H,21,22). The number of hydrogen-bond donors (Lipinski definition) is 1. The molecule has 26 heavy (non-hydrogen) atoms. The van der Waals surface area contributed by atoms with Crippen LogP contribution in [0.25, 0.3) is 6.08 Å². The van der Waals surface area contributed by atoms with Crippen molar-refractivity contribution in [3.63, 3.8) is 0 Å². The Morgan fingerprint density at radius 1 is 1.15 bits per heavy atom. The minimum atomic E-state index is -0.581. The van der Waals surface area contributed by atoms with Crippen LogP contribution >= 0.6 is 0 Å². The molecule has 0 heterocycles. The summed E-state index contributed by atoms with van der Waals surface area (Å²) in [6.45, 7) is 0.387. The molecule has 1 saturated carbocycles. The van der Waals surface area contributed by atoms with Crippen LogP contribution in [0.5, 0.6) is 11.5 Å². The normalized spacial score (nSPS) is 14.8. The first-order chi connectivity index (χ1) is 12.6. The van der Waals surface area contributed by atoms with Gasteiger partial charge in [-0.25, -0.2) is 4.79 Å². The lowest BCUT2D eigenvalue weighted by atomic mass is 9.89. The van der Waals surface area contributed by atoms with Crippen LogP contribution < -0.4 is 14.8 Å². The van der Waals surface area contributed by atoms with E-state index >= 15 is 0 Å². The number of hydrogen-bond acceptors (Lipinski definition) is 5. The second-order valence-electron chi connectivity index (χ2n) is 6.33. The Labute approximate surface area is 154 Å². The lowest BCUT2D eigenvalue weighted by Gasteiger charge is -2.21. The van der Waals surface area contributed by atoms with Crippen molar-refractivity contribution in [2.24, 2.45) is 5.92 Å². The van der Waals surface area contributed by atoms with E-state index in [2.05, 4.69) is 5.32 Å². The second kappa shape index (κ2) is 10.5. The quantitative estimate of drug-likeness (QED) is 0.569. The van der Waals surface area contributed by atoms with Gasteiger partial charge in [-0.1, -0.05) is 31.4 Å². The fourth-order valence-electron chi connectivity index (χ4n) is 3.09. The van der Waals surface area contributed by atoms with Crippen LogP contribution in [-0.4, -0.2) is 39.2 Å². The highest BCUT2D eigenvalue weighted by atomic mass is 16.5. The highest BCUT2D eigenvalue weighted by molar-refractivity contribution is 5.89. The number of rotatable bonds is 8. The summed E-state index contributed by atoms with van der Waals surface area (Å²) in [5, 5.41) is 2.84. The van der Waals surface area contributed by atoms with Crippen LogP contribution in [0.2, 0.25) is 0 Å². The van der Waals surface area contributed by atoms with Crippen LogP contribution in [0, 0.1) is 5.92 Å². The van der Waals surface area contributed by atoms with Gasteiger partial charge >= 0.3 is 5.97 Å². The van der Waals surface area contributed by atoms with Gasteiger partial charge in [0, 0.05) is 18.2 Å². The topological polar surface area (TPSA) is 73.9 Å². The van der Waals surface area contributed by atoms with Gasteiger partial charge in [-0.2, -0.15) is 0 Å². The van der Waals surface area contributed by atoms with Gasteiger partial charge in [-0.05, 0) is 30.9 Å². The van der Waals surface area contributed by atoms with Gasteiger partial charge in [0.15, 0.2) is 18.1 Å². The van der Waals surface area contributed by atoms with Gasteiger partial charge in [0.2, 0.25) is 0 Å². The molecule has 0 unspecified atom stereocenters. The van der Waals surface area contributed by atoms with Crippen molar-refractivity contribution in [3.05, 3.63) is 29.8 Å². The van der Waals surface area contributed by atoms with Crippen LogP contribution in [0.3, 0.4) is 0 Å². The van der Waals surface area contributed by atoms with Crippen LogP contribution in [-0.2, 0) is 14.3 Å². The van der Waals surface area contributed by atoms with E-state index < -0.39 is 5.97 Å². The van der Waals surface area contributed by atoms with E-state index in [1.54, 1.807) is 31.4 Å². The smallest absolute Gasteiger partial charge is 0.331 e. The van der Waals surface area contributed by atoms with Gasteiger partial charge in [-0.15, -0.1) is 0 Å². The molecule has 2 rings (SSSR count). The number of para-hydroxylation sites is 1. The number of carbonyl (C=O) groups is 2. The van der Waals surface area contributed by atoms with E-state index in [0.29, 0.717) is 29.5 Å². The Morgan fingerprint density at radius 2 is 1.92 bits per heavy atom. The SMILES string of the molecule is COc1cccc(C=CC(=O)OCC(=O)NCC2CCCCC2)c1OC. The molecule has 1 aliphatic carbocycles. The Kier molecular flexibility index (Phi) is 7.99. The Morgan fingerprint density at radius 3 is 2.62 bits per heavy atom. The van der Waals surface area contributed by atoms with Crippen molar-refractivity contribution in [2.45, 2.75) is 32.1 Å². The Hall–Kier alpha value is -2.50. The summed E-state index contributed by atoms with van der Waals surface area (Å²) >= 11 is 0. The van der Waals surface area contributed by atoms with Crippen molar-refractivity contribution in [2.75, 3.05) is 27.4 Å². The molecule has 0 spiro atoms. The molecular weight excluding hydrogens is 334 g/mol. The summed E-state index contributed by atoms with van der Waals surface area (Å²) in [7, 11) is 3.08. The van der Waals surface area contributed by atoms with Gasteiger partial charge in [0.05, 0.1) is 14.2 Å². The largest absolute Gasteiger partial charge is 0.493 e. The Bertz CT molecular complexity index is 635. The maximum atomic E-state index is 11.8. The summed E-state index contributed by atoms with van der Waals surface area (Å²) in [6.07, 6.45) is 8.90. The fraction of sp³-hybridized carbons (Fsp3) is 0.500. The molecule has 1 N–H and O–H groups in total. The molecule has 0 atom stereocenters. The van der Waals surface area contributed by atoms with E-state index in [1.165, 1.54) is 32.4 Å². The average Bonchev–Trinajstić information content (AvgIpc) is 2.69. The minimum absolute atomic E-state index is 0.267. The van der Waals surface area contributed by atoms with E-state index in [4.69, 9.17) is 14.2 Å². The van der Waals surface area contributed by atoms with Gasteiger partial charge in [0.25, 0.3) is 5.91 Å². The summed E-state index contributed by atoms with van der Waals surface area (Å²) in [4.78, 5) is 23.6. The van der Waals surface area contributed by atoms with E-state index in [-0.39, 0.29) is 12.5 Å². The highest BCUT2D eigenvalue weighted by Gasteiger charge is 2.14. The lowest BCUT2D eigenvalue weighted by Crippen LogP contribution is -2.33. The fourth-order valence-corrected chi connectivity index (χ4v) is 3.09. The molecule has 0 aromatic heterocycles. The summed E-state index contributed by atoms with van der Waals surface area (Å²) in [5.74, 6) is 0.803. The number of nitrogens with one attached hydrogen (secondary N) is 1. The predicted molar refractivity (Wildman–Crippen MR) is 99.1 cm³/mol. The number of carbonyl (C=O) groups excluding carboxylic acids is 2. The molecule has 1 fully saturated rings. The first-order valence-corrected chi connectivity index (χ1v) is 8.96. The number of amides is 1. The zero-order valence-corrected chi connectivity index (χ0v) is 15.5. The lowest BCUT2D eigenvalue weighted by molar-refractivity contribution is -0.143. The van der Waals surface area contributed by atoms with Gasteiger partial charge in [0.1, 0.15) is 0 Å². The number of esters is 1. The third-order valence-corrected chi connectivity index (χ3v) is 4.49. The molecule has 1 aromatic carbocycles. The first-order valence-electron chi connectivity index (χ1n) is 8.96. The third-order valence-electron chi connectivity index (χ3n) is 4.49. The van der Waals surface area contributed by atoms with Crippen molar-refractivity contribution >= 4 is 18.0 Å². The zero-order valence-electron chi connectivity index (χ0n) is 15.5. The average molecular weight is 361 g/mol. The molecular formula is C20H27NO5. The van der Waals surface area contributed by atoms with Gasteiger partial charge in [-0.3, -0.25) is 4.79 Å². The van der Waals surface area contributed by atoms with Crippen molar-refractivity contribution in [1.82, 2.24) is 5.32 Å². The maximum absolute atomic E-state index is 11.8. The Balaban J connectivity index is 1.77. The van der Waals surface area contributed by atoms with Crippen molar-refractivity contribution < 1.29 is 23.8 Å². The third kappa shape index (κ3) is 6.10. The van der Waals surface area contributed by atoms with E-state index in [9.17, 15) is 9.59 Å². The summed E-state index contributed by atoms with van der Waals surface area (Å²) in [5.41, 5.74) is 0.686. The predicted octanol–water partition coefficient (Wildman–Crippen LogP) is 2.96. The first kappa shape index (κ1) is 19.8. The molecule has 1 aliphatic rings. The monoisotopic (exact) mass is 361 g/mol. The molecule has 142 valence electrons. The summed E-state index contributed by atoms with van der Waals surface area (Å²) < 4.78 is 15.5. The van der Waals surface area contributed by atoms with Crippen molar-refractivity contribution in [1.29, 1.82) is 0 Å². The van der Waals surface area contributed by atoms with E-state index in [0.717, 1.165) is 12.8 Å². The molecule has 6 heteroatoms.